The van der Waals surface area contributed by atoms with Gasteiger partial charge < -0.3 is 5.73 Å². The normalized spacial score (nSPS) is 25.2. The van der Waals surface area contributed by atoms with Crippen molar-refractivity contribution in [2.75, 3.05) is 31.9 Å². The molecule has 0 radical (unpaired) electrons. The maximum Gasteiger partial charge on any atom is 0.0452 e. The van der Waals surface area contributed by atoms with Crippen molar-refractivity contribution in [1.82, 2.24) is 9.80 Å². The molecule has 4 heteroatoms. The van der Waals surface area contributed by atoms with Gasteiger partial charge in [-0.15, -0.1) is 0 Å². The number of nitrogen functional groups attached to an aromatic ring is 1. The first kappa shape index (κ1) is 13.2. The molecule has 0 aliphatic carbocycles. The third-order valence-electron chi connectivity index (χ3n) is 4.39. The summed E-state index contributed by atoms with van der Waals surface area (Å²) in [6.45, 7) is 5.73. The van der Waals surface area contributed by atoms with Crippen LogP contribution < -0.4 is 5.73 Å². The lowest BCUT2D eigenvalue weighted by Crippen LogP contribution is -2.54. The van der Waals surface area contributed by atoms with Crippen LogP contribution in [0.3, 0.4) is 0 Å². The van der Waals surface area contributed by atoms with Gasteiger partial charge in [-0.25, -0.2) is 0 Å². The van der Waals surface area contributed by atoms with Crippen molar-refractivity contribution >= 4 is 17.3 Å². The topological polar surface area (TPSA) is 32.5 Å². The van der Waals surface area contributed by atoms with E-state index in [0.717, 1.165) is 35.4 Å². The number of rotatable bonds is 2. The zero-order valence-corrected chi connectivity index (χ0v) is 12.1. The van der Waals surface area contributed by atoms with Gasteiger partial charge in [0.1, 0.15) is 0 Å². The van der Waals surface area contributed by atoms with Crippen LogP contribution in [0.1, 0.15) is 24.8 Å². The highest BCUT2D eigenvalue weighted by Gasteiger charge is 2.28. The van der Waals surface area contributed by atoms with Crippen molar-refractivity contribution in [1.29, 1.82) is 0 Å². The average molecular weight is 280 g/mol. The highest BCUT2D eigenvalue weighted by atomic mass is 35.5. The van der Waals surface area contributed by atoms with Gasteiger partial charge in [-0.2, -0.15) is 0 Å². The molecule has 1 atom stereocenters. The van der Waals surface area contributed by atoms with Crippen LogP contribution in [-0.4, -0.2) is 42.0 Å². The lowest BCUT2D eigenvalue weighted by atomic mass is 9.99. The van der Waals surface area contributed by atoms with E-state index in [1.54, 1.807) is 0 Å². The molecule has 3 nitrogen and oxygen atoms in total. The molecule has 2 aliphatic rings. The molecule has 0 aromatic heterocycles. The largest absolute Gasteiger partial charge is 0.399 e. The van der Waals surface area contributed by atoms with Gasteiger partial charge in [0, 0.05) is 42.9 Å². The highest BCUT2D eigenvalue weighted by molar-refractivity contribution is 6.31. The zero-order chi connectivity index (χ0) is 13.2. The fraction of sp³-hybridized carbons (Fsp3) is 0.600. The van der Waals surface area contributed by atoms with Crippen molar-refractivity contribution in [3.05, 3.63) is 28.8 Å². The van der Waals surface area contributed by atoms with Gasteiger partial charge in [0.25, 0.3) is 0 Å². The number of fused-ring (bicyclic) bond motifs is 1. The Morgan fingerprint density at radius 1 is 1.21 bits per heavy atom. The van der Waals surface area contributed by atoms with E-state index in [-0.39, 0.29) is 0 Å². The second-order valence-corrected chi connectivity index (χ2v) is 6.18. The summed E-state index contributed by atoms with van der Waals surface area (Å²) < 4.78 is 0. The summed E-state index contributed by atoms with van der Waals surface area (Å²) in [5, 5.41) is 0.834. The molecule has 1 aromatic rings. The molecule has 0 saturated carbocycles. The maximum absolute atomic E-state index is 6.26. The third kappa shape index (κ3) is 3.04. The van der Waals surface area contributed by atoms with E-state index >= 15 is 0 Å². The summed E-state index contributed by atoms with van der Waals surface area (Å²) in [6, 6.07) is 6.53. The van der Waals surface area contributed by atoms with E-state index in [0.29, 0.717) is 0 Å². The minimum absolute atomic E-state index is 0.752. The van der Waals surface area contributed by atoms with E-state index in [2.05, 4.69) is 9.80 Å². The van der Waals surface area contributed by atoms with E-state index in [9.17, 15) is 0 Å². The van der Waals surface area contributed by atoms with E-state index in [1.165, 1.54) is 38.9 Å². The number of benzene rings is 1. The first-order valence-corrected chi connectivity index (χ1v) is 7.60. The van der Waals surface area contributed by atoms with Crippen LogP contribution in [0.15, 0.2) is 18.2 Å². The first-order chi connectivity index (χ1) is 9.22. The molecule has 1 aromatic carbocycles. The van der Waals surface area contributed by atoms with Gasteiger partial charge in [0.2, 0.25) is 0 Å². The number of piperazine rings is 1. The van der Waals surface area contributed by atoms with Crippen molar-refractivity contribution in [2.24, 2.45) is 0 Å². The van der Waals surface area contributed by atoms with Gasteiger partial charge in [0.05, 0.1) is 0 Å². The Bertz CT molecular complexity index is 449. The molecule has 2 fully saturated rings. The molecule has 2 saturated heterocycles. The number of hydrogen-bond acceptors (Lipinski definition) is 3. The molecule has 2 N–H and O–H groups in total. The Hall–Kier alpha value is -0.770. The van der Waals surface area contributed by atoms with E-state index < -0.39 is 0 Å². The van der Waals surface area contributed by atoms with Crippen LogP contribution in [0.5, 0.6) is 0 Å². The Balaban J connectivity index is 1.65. The monoisotopic (exact) mass is 279 g/mol. The predicted molar refractivity (Wildman–Crippen MR) is 80.4 cm³/mol. The Morgan fingerprint density at radius 3 is 3.00 bits per heavy atom. The number of hydrogen-bond donors (Lipinski definition) is 1. The fourth-order valence-electron chi connectivity index (χ4n) is 3.32. The second-order valence-electron chi connectivity index (χ2n) is 5.77. The molecule has 0 bridgehead atoms. The summed E-state index contributed by atoms with van der Waals surface area (Å²) in [6.07, 6.45) is 4.10. The van der Waals surface area contributed by atoms with Crippen LogP contribution in [0.25, 0.3) is 0 Å². The van der Waals surface area contributed by atoms with Crippen LogP contribution in [-0.2, 0) is 6.54 Å². The molecule has 2 aliphatic heterocycles. The second kappa shape index (κ2) is 5.70. The summed E-state index contributed by atoms with van der Waals surface area (Å²) >= 11 is 6.26. The van der Waals surface area contributed by atoms with Crippen molar-refractivity contribution in [2.45, 2.75) is 31.8 Å². The van der Waals surface area contributed by atoms with Crippen LogP contribution >= 0.6 is 11.6 Å². The molecule has 1 unspecified atom stereocenters. The van der Waals surface area contributed by atoms with Crippen LogP contribution in [0.2, 0.25) is 5.02 Å². The van der Waals surface area contributed by atoms with Crippen LogP contribution in [0, 0.1) is 0 Å². The summed E-state index contributed by atoms with van der Waals surface area (Å²) in [4.78, 5) is 5.17. The molecule has 0 spiro atoms. The third-order valence-corrected chi connectivity index (χ3v) is 4.75. The molecular weight excluding hydrogens is 258 g/mol. The minimum atomic E-state index is 0.752. The predicted octanol–water partition coefficient (Wildman–Crippen LogP) is 2.59. The first-order valence-electron chi connectivity index (χ1n) is 7.23. The molecule has 0 amide bonds. The lowest BCUT2D eigenvalue weighted by Gasteiger charge is -2.44. The number of nitrogens with two attached hydrogens (primary N) is 1. The number of anilines is 1. The Morgan fingerprint density at radius 2 is 2.11 bits per heavy atom. The average Bonchev–Trinajstić information content (AvgIpc) is 2.43. The van der Waals surface area contributed by atoms with Crippen molar-refractivity contribution < 1.29 is 0 Å². The summed E-state index contributed by atoms with van der Waals surface area (Å²) in [7, 11) is 0. The molecule has 19 heavy (non-hydrogen) atoms. The summed E-state index contributed by atoms with van der Waals surface area (Å²) in [5.41, 5.74) is 7.81. The zero-order valence-electron chi connectivity index (χ0n) is 11.3. The summed E-state index contributed by atoms with van der Waals surface area (Å²) in [5.74, 6) is 0. The highest BCUT2D eigenvalue weighted by Crippen LogP contribution is 2.25. The van der Waals surface area contributed by atoms with E-state index in [1.807, 2.05) is 18.2 Å². The fourth-order valence-corrected chi connectivity index (χ4v) is 3.50. The van der Waals surface area contributed by atoms with Crippen molar-refractivity contribution in [3.63, 3.8) is 0 Å². The van der Waals surface area contributed by atoms with Gasteiger partial charge in [0.15, 0.2) is 0 Å². The van der Waals surface area contributed by atoms with Crippen molar-refractivity contribution in [3.8, 4) is 0 Å². The molecule has 3 rings (SSSR count). The standard InChI is InChI=1S/C15H22ClN3/c16-15-5-4-13(17)9-12(15)10-18-7-8-19-6-2-1-3-14(19)11-18/h4-5,9,14H,1-3,6-8,10-11,17H2. The van der Waals surface area contributed by atoms with Gasteiger partial charge in [-0.05, 0) is 43.1 Å². The molecule has 2 heterocycles. The Labute approximate surface area is 120 Å². The lowest BCUT2D eigenvalue weighted by molar-refractivity contribution is 0.0457. The van der Waals surface area contributed by atoms with Gasteiger partial charge in [-0.3, -0.25) is 9.80 Å². The number of nitrogens with zero attached hydrogens (tertiary/aromatic N) is 2. The number of halogens is 1. The quantitative estimate of drug-likeness (QED) is 0.845. The van der Waals surface area contributed by atoms with E-state index in [4.69, 9.17) is 17.3 Å². The SMILES string of the molecule is Nc1ccc(Cl)c(CN2CCN3CCCCC3C2)c1. The molecular formula is C15H22ClN3. The minimum Gasteiger partial charge on any atom is -0.399 e. The smallest absolute Gasteiger partial charge is 0.0452 e. The van der Waals surface area contributed by atoms with Crippen LogP contribution in [0.4, 0.5) is 5.69 Å². The number of piperidine rings is 1. The Kier molecular flexibility index (Phi) is 3.96. The molecule has 104 valence electrons. The maximum atomic E-state index is 6.26. The van der Waals surface area contributed by atoms with Gasteiger partial charge >= 0.3 is 0 Å². The van der Waals surface area contributed by atoms with Gasteiger partial charge in [-0.1, -0.05) is 18.0 Å².